The van der Waals surface area contributed by atoms with Crippen LogP contribution in [-0.4, -0.2) is 41.6 Å². The largest absolute Gasteiger partial charge is 0.492 e. The third kappa shape index (κ3) is 3.18. The van der Waals surface area contributed by atoms with Crippen LogP contribution in [0.25, 0.3) is 11.1 Å². The van der Waals surface area contributed by atoms with Gasteiger partial charge in [0.15, 0.2) is 5.58 Å². The number of nitrogens with one attached hydrogen (secondary N) is 1. The van der Waals surface area contributed by atoms with E-state index in [-0.39, 0.29) is 5.91 Å². The summed E-state index contributed by atoms with van der Waals surface area (Å²) in [6, 6.07) is 13.0. The molecule has 8 heteroatoms. The summed E-state index contributed by atoms with van der Waals surface area (Å²) in [5.41, 5.74) is 3.04. The molecule has 3 heterocycles. The molecular formula is C23H22N4O4. The first kappa shape index (κ1) is 19.4. The van der Waals surface area contributed by atoms with E-state index >= 15 is 0 Å². The number of nitrogens with zero attached hydrogens (tertiary/aromatic N) is 3. The van der Waals surface area contributed by atoms with Crippen molar-refractivity contribution in [3.8, 4) is 11.8 Å². The van der Waals surface area contributed by atoms with Crippen LogP contribution >= 0.6 is 0 Å². The van der Waals surface area contributed by atoms with Crippen LogP contribution in [0.1, 0.15) is 24.0 Å². The van der Waals surface area contributed by atoms with Crippen LogP contribution in [0.15, 0.2) is 45.6 Å². The van der Waals surface area contributed by atoms with Crippen molar-refractivity contribution >= 4 is 22.7 Å². The standard InChI is InChI=1S/C23H22N4O4/c1-26-19-5-3-16(13-20(19)31-22(26)29)30-11-10-27-8-6-23(7-9-27)17-12-15(14-24)2-4-18(17)25-21(23)28/h2-5,12-13H,6-11H2,1H3,(H,25,28). The molecule has 0 atom stereocenters. The van der Waals surface area contributed by atoms with E-state index < -0.39 is 11.2 Å². The first-order chi connectivity index (χ1) is 15.0. The average molecular weight is 418 g/mol. The van der Waals surface area contributed by atoms with Gasteiger partial charge in [0.25, 0.3) is 0 Å². The number of aromatic nitrogens is 1. The topological polar surface area (TPSA) is 100 Å². The van der Waals surface area contributed by atoms with Gasteiger partial charge < -0.3 is 14.5 Å². The fourth-order valence-corrected chi connectivity index (χ4v) is 4.63. The maximum Gasteiger partial charge on any atom is 0.419 e. The zero-order valence-electron chi connectivity index (χ0n) is 17.2. The van der Waals surface area contributed by atoms with Gasteiger partial charge >= 0.3 is 5.76 Å². The van der Waals surface area contributed by atoms with Crippen molar-refractivity contribution in [1.29, 1.82) is 5.26 Å². The van der Waals surface area contributed by atoms with Gasteiger partial charge in [0.05, 0.1) is 22.6 Å². The lowest BCUT2D eigenvalue weighted by molar-refractivity contribution is -0.122. The summed E-state index contributed by atoms with van der Waals surface area (Å²) in [6.45, 7) is 2.79. The molecule has 1 saturated heterocycles. The summed E-state index contributed by atoms with van der Waals surface area (Å²) in [4.78, 5) is 26.7. The molecule has 1 amide bonds. The molecule has 1 N–H and O–H groups in total. The average Bonchev–Trinajstić information content (AvgIpc) is 3.21. The van der Waals surface area contributed by atoms with Crippen molar-refractivity contribution < 1.29 is 13.9 Å². The van der Waals surface area contributed by atoms with E-state index in [1.54, 1.807) is 19.2 Å². The van der Waals surface area contributed by atoms with Crippen molar-refractivity contribution in [3.63, 3.8) is 0 Å². The summed E-state index contributed by atoms with van der Waals surface area (Å²) in [6.07, 6.45) is 1.42. The molecule has 0 saturated carbocycles. The Kier molecular flexibility index (Phi) is 4.56. The van der Waals surface area contributed by atoms with Crippen LogP contribution in [0.5, 0.6) is 5.75 Å². The summed E-state index contributed by atoms with van der Waals surface area (Å²) in [5.74, 6) is 0.295. The molecule has 2 aromatic carbocycles. The highest BCUT2D eigenvalue weighted by Gasteiger charge is 2.48. The number of aryl methyl sites for hydroxylation is 1. The number of amides is 1. The third-order valence-corrected chi connectivity index (χ3v) is 6.50. The number of piperidine rings is 1. The number of carbonyl (C=O) groups is 1. The fraction of sp³-hybridized carbons (Fsp3) is 0.348. The Balaban J connectivity index is 1.21. The van der Waals surface area contributed by atoms with E-state index in [0.717, 1.165) is 36.4 Å². The number of anilines is 1. The van der Waals surface area contributed by atoms with Crippen molar-refractivity contribution in [3.05, 3.63) is 58.1 Å². The van der Waals surface area contributed by atoms with Crippen molar-refractivity contribution in [2.75, 3.05) is 31.6 Å². The van der Waals surface area contributed by atoms with E-state index in [0.29, 0.717) is 36.3 Å². The van der Waals surface area contributed by atoms with Crippen LogP contribution in [0.3, 0.4) is 0 Å². The number of oxazole rings is 1. The van der Waals surface area contributed by atoms with Crippen molar-refractivity contribution in [2.24, 2.45) is 7.05 Å². The Labute approximate surface area is 178 Å². The van der Waals surface area contributed by atoms with Gasteiger partial charge in [-0.2, -0.15) is 5.26 Å². The van der Waals surface area contributed by atoms with Gasteiger partial charge in [-0.15, -0.1) is 0 Å². The first-order valence-corrected chi connectivity index (χ1v) is 10.3. The molecule has 1 aromatic heterocycles. The molecule has 0 unspecified atom stereocenters. The highest BCUT2D eigenvalue weighted by molar-refractivity contribution is 6.06. The summed E-state index contributed by atoms with van der Waals surface area (Å²) in [5, 5.41) is 12.2. The molecule has 1 fully saturated rings. The quantitative estimate of drug-likeness (QED) is 0.698. The molecule has 5 rings (SSSR count). The molecule has 8 nitrogen and oxygen atoms in total. The van der Waals surface area contributed by atoms with Crippen molar-refractivity contribution in [1.82, 2.24) is 9.47 Å². The normalized spacial score (nSPS) is 17.5. The molecule has 3 aromatic rings. The first-order valence-electron chi connectivity index (χ1n) is 10.3. The van der Waals surface area contributed by atoms with E-state index in [1.165, 1.54) is 4.57 Å². The minimum absolute atomic E-state index is 0.0335. The molecule has 0 radical (unpaired) electrons. The summed E-state index contributed by atoms with van der Waals surface area (Å²) in [7, 11) is 1.67. The smallest absolute Gasteiger partial charge is 0.419 e. The monoisotopic (exact) mass is 418 g/mol. The number of hydrogen-bond acceptors (Lipinski definition) is 6. The molecule has 158 valence electrons. The van der Waals surface area contributed by atoms with Crippen LogP contribution in [0, 0.1) is 11.3 Å². The Morgan fingerprint density at radius 1 is 1.19 bits per heavy atom. The van der Waals surface area contributed by atoms with Crippen LogP contribution < -0.4 is 15.8 Å². The van der Waals surface area contributed by atoms with Gasteiger partial charge in [-0.05, 0) is 61.8 Å². The predicted molar refractivity (Wildman–Crippen MR) is 114 cm³/mol. The molecule has 1 spiro atoms. The van der Waals surface area contributed by atoms with Crippen LogP contribution in [-0.2, 0) is 17.3 Å². The lowest BCUT2D eigenvalue weighted by Crippen LogP contribution is -2.47. The molecule has 2 aliphatic heterocycles. The zero-order chi connectivity index (χ0) is 21.6. The maximum absolute atomic E-state index is 12.8. The van der Waals surface area contributed by atoms with Gasteiger partial charge in [0, 0.05) is 25.3 Å². The second-order valence-electron chi connectivity index (χ2n) is 8.16. The predicted octanol–water partition coefficient (Wildman–Crippen LogP) is 2.37. The Morgan fingerprint density at radius 3 is 2.77 bits per heavy atom. The zero-order valence-corrected chi connectivity index (χ0v) is 17.2. The van der Waals surface area contributed by atoms with Gasteiger partial charge in [-0.3, -0.25) is 14.3 Å². The fourth-order valence-electron chi connectivity index (χ4n) is 4.63. The number of benzene rings is 2. The SMILES string of the molecule is Cn1c(=O)oc2cc(OCCN3CCC4(CC3)C(=O)Nc3ccc(C#N)cc34)ccc21. The second-order valence-corrected chi connectivity index (χ2v) is 8.16. The van der Waals surface area contributed by atoms with Crippen molar-refractivity contribution in [2.45, 2.75) is 18.3 Å². The second kappa shape index (κ2) is 7.29. The maximum atomic E-state index is 12.8. The summed E-state index contributed by atoms with van der Waals surface area (Å²) < 4.78 is 12.5. The molecule has 0 bridgehead atoms. The molecule has 2 aliphatic rings. The Bertz CT molecular complexity index is 1270. The van der Waals surface area contributed by atoms with E-state index in [1.807, 2.05) is 24.3 Å². The number of rotatable bonds is 4. The molecule has 0 aliphatic carbocycles. The lowest BCUT2D eigenvalue weighted by Gasteiger charge is -2.37. The van der Waals surface area contributed by atoms with E-state index in [2.05, 4.69) is 16.3 Å². The highest BCUT2D eigenvalue weighted by Crippen LogP contribution is 2.45. The number of carbonyl (C=O) groups excluding carboxylic acids is 1. The molecule has 31 heavy (non-hydrogen) atoms. The lowest BCUT2D eigenvalue weighted by atomic mass is 9.73. The third-order valence-electron chi connectivity index (χ3n) is 6.50. The number of likely N-dealkylation sites (tertiary alicyclic amines) is 1. The van der Waals surface area contributed by atoms with Gasteiger partial charge in [0.2, 0.25) is 5.91 Å². The summed E-state index contributed by atoms with van der Waals surface area (Å²) >= 11 is 0. The minimum atomic E-state index is -0.546. The van der Waals surface area contributed by atoms with Crippen LogP contribution in [0.2, 0.25) is 0 Å². The molecular weight excluding hydrogens is 396 g/mol. The van der Waals surface area contributed by atoms with Crippen LogP contribution in [0.4, 0.5) is 5.69 Å². The number of hydrogen-bond donors (Lipinski definition) is 1. The highest BCUT2D eigenvalue weighted by atomic mass is 16.5. The van der Waals surface area contributed by atoms with E-state index in [4.69, 9.17) is 9.15 Å². The number of ether oxygens (including phenoxy) is 1. The Morgan fingerprint density at radius 2 is 2.00 bits per heavy atom. The van der Waals surface area contributed by atoms with Gasteiger partial charge in [-0.1, -0.05) is 0 Å². The number of fused-ring (bicyclic) bond motifs is 3. The minimum Gasteiger partial charge on any atom is -0.492 e. The van der Waals surface area contributed by atoms with Gasteiger partial charge in [-0.25, -0.2) is 4.79 Å². The van der Waals surface area contributed by atoms with Gasteiger partial charge in [0.1, 0.15) is 12.4 Å². The Hall–Kier alpha value is -3.57. The van der Waals surface area contributed by atoms with E-state index in [9.17, 15) is 14.9 Å². The number of nitriles is 1.